The van der Waals surface area contributed by atoms with Crippen LogP contribution in [0.5, 0.6) is 0 Å². The number of rotatable bonds is 6. The highest BCUT2D eigenvalue weighted by molar-refractivity contribution is 5.84. The number of carbonyl (C=O) groups is 1. The summed E-state index contributed by atoms with van der Waals surface area (Å²) >= 11 is 0. The molecule has 4 rings (SSSR count). The van der Waals surface area contributed by atoms with Crippen LogP contribution in [0, 0.1) is 0 Å². The zero-order valence-electron chi connectivity index (χ0n) is 17.2. The number of likely N-dealkylation sites (tertiary alicyclic amines) is 1. The summed E-state index contributed by atoms with van der Waals surface area (Å²) in [6.07, 6.45) is 6.70. The van der Waals surface area contributed by atoms with Gasteiger partial charge in [-0.3, -0.25) is 15.0 Å². The molecule has 0 radical (unpaired) electrons. The molecule has 0 aromatic heterocycles. The van der Waals surface area contributed by atoms with Crippen molar-refractivity contribution in [1.29, 1.82) is 0 Å². The van der Waals surface area contributed by atoms with Crippen LogP contribution in [0.25, 0.3) is 0 Å². The Kier molecular flexibility index (Phi) is 6.31. The molecule has 0 unspecified atom stereocenters. The van der Waals surface area contributed by atoms with Gasteiger partial charge in [-0.25, -0.2) is 0 Å². The van der Waals surface area contributed by atoms with Crippen LogP contribution in [-0.4, -0.2) is 35.5 Å². The van der Waals surface area contributed by atoms with Crippen LogP contribution >= 0.6 is 0 Å². The second-order valence-electron chi connectivity index (χ2n) is 8.69. The maximum absolute atomic E-state index is 12.4. The monoisotopic (exact) mass is 391 g/mol. The minimum atomic E-state index is -0.594. The van der Waals surface area contributed by atoms with Gasteiger partial charge in [0.05, 0.1) is 0 Å². The fourth-order valence-electron chi connectivity index (χ4n) is 5.25. The van der Waals surface area contributed by atoms with E-state index in [2.05, 4.69) is 52.7 Å². The molecule has 4 nitrogen and oxygen atoms in total. The zero-order valence-corrected chi connectivity index (χ0v) is 17.2. The first kappa shape index (κ1) is 20.1. The van der Waals surface area contributed by atoms with Gasteiger partial charge in [-0.15, -0.1) is 0 Å². The van der Waals surface area contributed by atoms with Crippen LogP contribution in [0.2, 0.25) is 0 Å². The van der Waals surface area contributed by atoms with Crippen molar-refractivity contribution in [2.45, 2.75) is 62.6 Å². The number of nitrogens with one attached hydrogen (secondary N) is 1. The molecular formula is C25H33N3O. The summed E-state index contributed by atoms with van der Waals surface area (Å²) in [6.45, 7) is 2.54. The highest BCUT2D eigenvalue weighted by atomic mass is 16.1. The number of hydrogen-bond acceptors (Lipinski definition) is 3. The van der Waals surface area contributed by atoms with Crippen molar-refractivity contribution in [2.24, 2.45) is 5.73 Å². The molecule has 2 aromatic carbocycles. The quantitative estimate of drug-likeness (QED) is 0.787. The van der Waals surface area contributed by atoms with Crippen molar-refractivity contribution in [3.63, 3.8) is 0 Å². The number of primary amides is 1. The first-order chi connectivity index (χ1) is 14.2. The summed E-state index contributed by atoms with van der Waals surface area (Å²) < 4.78 is 0. The number of nitrogens with zero attached hydrogens (tertiary/aromatic N) is 1. The van der Waals surface area contributed by atoms with Crippen LogP contribution < -0.4 is 11.1 Å². The molecule has 29 heavy (non-hydrogen) atoms. The van der Waals surface area contributed by atoms with Gasteiger partial charge < -0.3 is 5.73 Å². The number of carbonyl (C=O) groups excluding carboxylic acids is 1. The van der Waals surface area contributed by atoms with Gasteiger partial charge in [0, 0.05) is 25.7 Å². The van der Waals surface area contributed by atoms with E-state index in [1.807, 2.05) is 18.2 Å². The Morgan fingerprint density at radius 2 is 1.59 bits per heavy atom. The second kappa shape index (κ2) is 9.10. The predicted octanol–water partition coefficient (Wildman–Crippen LogP) is 3.82. The molecule has 1 aliphatic heterocycles. The lowest BCUT2D eigenvalue weighted by Crippen LogP contribution is -2.62. The Labute approximate surface area is 174 Å². The molecule has 2 atom stereocenters. The van der Waals surface area contributed by atoms with E-state index in [0.717, 1.165) is 25.9 Å². The van der Waals surface area contributed by atoms with Crippen molar-refractivity contribution in [2.75, 3.05) is 13.1 Å². The minimum Gasteiger partial charge on any atom is -0.368 e. The van der Waals surface area contributed by atoms with Gasteiger partial charge in [0.15, 0.2) is 0 Å². The first-order valence-electron chi connectivity index (χ1n) is 11.1. The van der Waals surface area contributed by atoms with Crippen molar-refractivity contribution in [3.05, 3.63) is 71.8 Å². The second-order valence-corrected chi connectivity index (χ2v) is 8.69. The standard InChI is InChI=1S/C25H33N3O/c26-24(29)25(27-19-20-9-3-1-4-10-20)15-17-28(18-16-25)23-14-8-7-13-22(23)21-11-5-2-6-12-21/h1-6,9-12,22-23,27H,7-8,13-19H2,(H2,26,29)/t22-,23-/m1/s1. The van der Waals surface area contributed by atoms with E-state index in [0.29, 0.717) is 18.5 Å². The van der Waals surface area contributed by atoms with Gasteiger partial charge in [-0.1, -0.05) is 73.5 Å². The SMILES string of the molecule is NC(=O)C1(NCc2ccccc2)CCN([C@@H]2CCCC[C@@H]2c2ccccc2)CC1. The molecule has 1 heterocycles. The molecule has 1 amide bonds. The van der Waals surface area contributed by atoms with Gasteiger partial charge in [-0.05, 0) is 42.7 Å². The van der Waals surface area contributed by atoms with Gasteiger partial charge in [0.25, 0.3) is 0 Å². The number of amides is 1. The predicted molar refractivity (Wildman–Crippen MR) is 117 cm³/mol. The maximum Gasteiger partial charge on any atom is 0.237 e. The van der Waals surface area contributed by atoms with Crippen molar-refractivity contribution in [3.8, 4) is 0 Å². The molecule has 2 aliphatic rings. The average Bonchev–Trinajstić information content (AvgIpc) is 2.79. The molecule has 0 spiro atoms. The van der Waals surface area contributed by atoms with Gasteiger partial charge in [-0.2, -0.15) is 0 Å². The summed E-state index contributed by atoms with van der Waals surface area (Å²) in [4.78, 5) is 15.0. The average molecular weight is 392 g/mol. The highest BCUT2D eigenvalue weighted by Gasteiger charge is 2.42. The van der Waals surface area contributed by atoms with Gasteiger partial charge >= 0.3 is 0 Å². The Morgan fingerprint density at radius 1 is 0.966 bits per heavy atom. The number of benzene rings is 2. The smallest absolute Gasteiger partial charge is 0.237 e. The van der Waals surface area contributed by atoms with E-state index in [-0.39, 0.29) is 5.91 Å². The van der Waals surface area contributed by atoms with Crippen LogP contribution in [-0.2, 0) is 11.3 Å². The zero-order chi connectivity index (χ0) is 20.1. The van der Waals surface area contributed by atoms with E-state index in [1.165, 1.54) is 36.8 Å². The highest BCUT2D eigenvalue weighted by Crippen LogP contribution is 2.38. The van der Waals surface area contributed by atoms with Crippen molar-refractivity contribution < 1.29 is 4.79 Å². The molecule has 1 aliphatic carbocycles. The number of nitrogens with two attached hydrogens (primary N) is 1. The van der Waals surface area contributed by atoms with Gasteiger partial charge in [0.2, 0.25) is 5.91 Å². The van der Waals surface area contributed by atoms with E-state index in [9.17, 15) is 4.79 Å². The fourth-order valence-corrected chi connectivity index (χ4v) is 5.25. The first-order valence-corrected chi connectivity index (χ1v) is 11.1. The molecule has 2 fully saturated rings. The van der Waals surface area contributed by atoms with Crippen LogP contribution in [0.4, 0.5) is 0 Å². The number of piperidine rings is 1. The van der Waals surface area contributed by atoms with E-state index >= 15 is 0 Å². The Bertz CT molecular complexity index is 784. The Hall–Kier alpha value is -2.17. The van der Waals surface area contributed by atoms with Crippen LogP contribution in [0.1, 0.15) is 55.6 Å². The van der Waals surface area contributed by atoms with Crippen molar-refractivity contribution in [1.82, 2.24) is 10.2 Å². The Balaban J connectivity index is 1.43. The minimum absolute atomic E-state index is 0.212. The molecule has 0 bridgehead atoms. The summed E-state index contributed by atoms with van der Waals surface area (Å²) in [5.74, 6) is 0.389. The third-order valence-electron chi connectivity index (χ3n) is 7.02. The summed E-state index contributed by atoms with van der Waals surface area (Å²) in [6, 6.07) is 21.8. The molecule has 3 N–H and O–H groups in total. The number of hydrogen-bond donors (Lipinski definition) is 2. The van der Waals surface area contributed by atoms with E-state index < -0.39 is 5.54 Å². The topological polar surface area (TPSA) is 58.4 Å². The third-order valence-corrected chi connectivity index (χ3v) is 7.02. The molecule has 154 valence electrons. The molecule has 2 aromatic rings. The van der Waals surface area contributed by atoms with Crippen molar-refractivity contribution >= 4 is 5.91 Å². The summed E-state index contributed by atoms with van der Waals surface area (Å²) in [5.41, 5.74) is 7.95. The third kappa shape index (κ3) is 4.54. The van der Waals surface area contributed by atoms with Crippen LogP contribution in [0.15, 0.2) is 60.7 Å². The lowest BCUT2D eigenvalue weighted by atomic mass is 9.77. The fraction of sp³-hybridized carbons (Fsp3) is 0.480. The van der Waals surface area contributed by atoms with Crippen LogP contribution in [0.3, 0.4) is 0 Å². The Morgan fingerprint density at radius 3 is 2.24 bits per heavy atom. The van der Waals surface area contributed by atoms with Gasteiger partial charge in [0.1, 0.15) is 5.54 Å². The largest absolute Gasteiger partial charge is 0.368 e. The normalized spacial score (nSPS) is 24.8. The molecular weight excluding hydrogens is 358 g/mol. The molecule has 1 saturated carbocycles. The summed E-state index contributed by atoms with van der Waals surface area (Å²) in [7, 11) is 0. The van der Waals surface area contributed by atoms with E-state index in [4.69, 9.17) is 5.73 Å². The maximum atomic E-state index is 12.4. The molecule has 4 heteroatoms. The lowest BCUT2D eigenvalue weighted by molar-refractivity contribution is -0.127. The van der Waals surface area contributed by atoms with E-state index in [1.54, 1.807) is 0 Å². The molecule has 1 saturated heterocycles. The summed E-state index contributed by atoms with van der Waals surface area (Å²) in [5, 5.41) is 3.52. The lowest BCUT2D eigenvalue weighted by Gasteiger charge is -2.47.